The summed E-state index contributed by atoms with van der Waals surface area (Å²) in [6.45, 7) is 0.400. The number of nitrogens with zero attached hydrogens (tertiary/aromatic N) is 1. The summed E-state index contributed by atoms with van der Waals surface area (Å²) in [6, 6.07) is 10.0. The van der Waals surface area contributed by atoms with Crippen molar-refractivity contribution in [1.29, 1.82) is 0 Å². The molecule has 0 bridgehead atoms. The number of likely N-dealkylation sites (tertiary alicyclic amines) is 1. The Morgan fingerprint density at radius 3 is 2.30 bits per heavy atom. The largest absolute Gasteiger partial charge is 0.573 e. The van der Waals surface area contributed by atoms with E-state index in [-0.39, 0.29) is 12.2 Å². The number of benzene rings is 2. The molecule has 2 aromatic carbocycles. The predicted molar refractivity (Wildman–Crippen MR) is 113 cm³/mol. The molecule has 1 aliphatic rings. The second kappa shape index (κ2) is 10.4. The molecule has 1 aliphatic heterocycles. The van der Waals surface area contributed by atoms with Gasteiger partial charge in [-0.3, -0.25) is 4.79 Å². The van der Waals surface area contributed by atoms with Gasteiger partial charge in [0, 0.05) is 24.3 Å². The number of hydrogen-bond acceptors (Lipinski definition) is 5. The van der Waals surface area contributed by atoms with Crippen LogP contribution in [-0.2, 0) is 0 Å². The fourth-order valence-corrected chi connectivity index (χ4v) is 3.41. The van der Waals surface area contributed by atoms with Gasteiger partial charge in [-0.1, -0.05) is 0 Å². The molecule has 11 heteroatoms. The van der Waals surface area contributed by atoms with Crippen LogP contribution >= 0.6 is 0 Å². The van der Waals surface area contributed by atoms with Crippen molar-refractivity contribution in [3.05, 3.63) is 54.1 Å². The number of aliphatic hydroxyl groups is 1. The van der Waals surface area contributed by atoms with Gasteiger partial charge < -0.3 is 30.1 Å². The van der Waals surface area contributed by atoms with E-state index in [0.717, 1.165) is 12.1 Å². The molecule has 2 atom stereocenters. The highest BCUT2D eigenvalue weighted by Crippen LogP contribution is 2.24. The van der Waals surface area contributed by atoms with Crippen molar-refractivity contribution in [2.45, 2.75) is 31.3 Å². The number of amides is 3. The van der Waals surface area contributed by atoms with Crippen LogP contribution in [0.1, 0.15) is 23.2 Å². The van der Waals surface area contributed by atoms with E-state index in [4.69, 9.17) is 4.74 Å². The molecule has 2 aromatic rings. The Balaban J connectivity index is 1.61. The molecule has 3 amide bonds. The van der Waals surface area contributed by atoms with Crippen molar-refractivity contribution in [2.75, 3.05) is 25.5 Å². The number of urea groups is 1. The Hall–Kier alpha value is -3.47. The molecule has 0 saturated carbocycles. The minimum Gasteiger partial charge on any atom is -0.497 e. The van der Waals surface area contributed by atoms with Crippen LogP contribution in [0.2, 0.25) is 0 Å². The van der Waals surface area contributed by atoms with Crippen LogP contribution in [0, 0.1) is 0 Å². The van der Waals surface area contributed by atoms with Crippen LogP contribution in [0.25, 0.3) is 0 Å². The third kappa shape index (κ3) is 7.01. The van der Waals surface area contributed by atoms with Crippen LogP contribution in [0.15, 0.2) is 48.5 Å². The zero-order chi connectivity index (χ0) is 24.0. The number of ether oxygens (including phenoxy) is 2. The van der Waals surface area contributed by atoms with Crippen molar-refractivity contribution < 1.29 is 37.3 Å². The first kappa shape index (κ1) is 24.2. The molecule has 0 aromatic heterocycles. The number of anilines is 1. The van der Waals surface area contributed by atoms with E-state index >= 15 is 0 Å². The van der Waals surface area contributed by atoms with Crippen molar-refractivity contribution in [2.24, 2.45) is 0 Å². The summed E-state index contributed by atoms with van der Waals surface area (Å²) < 4.78 is 45.7. The monoisotopic (exact) mass is 467 g/mol. The highest BCUT2D eigenvalue weighted by molar-refractivity contribution is 5.94. The quantitative estimate of drug-likeness (QED) is 0.626. The fraction of sp³-hybridized carbons (Fsp3) is 0.364. The van der Waals surface area contributed by atoms with Gasteiger partial charge >= 0.3 is 12.4 Å². The molecule has 178 valence electrons. The number of alkyl halides is 3. The second-order valence-electron chi connectivity index (χ2n) is 7.47. The molecule has 3 rings (SSSR count). The molecule has 0 aliphatic carbocycles. The molecule has 0 spiro atoms. The summed E-state index contributed by atoms with van der Waals surface area (Å²) in [4.78, 5) is 26.7. The number of carbonyl (C=O) groups is 2. The molecule has 3 N–H and O–H groups in total. The Morgan fingerprint density at radius 2 is 1.70 bits per heavy atom. The number of rotatable bonds is 5. The van der Waals surface area contributed by atoms with Gasteiger partial charge in [-0.2, -0.15) is 0 Å². The first-order chi connectivity index (χ1) is 15.6. The zero-order valence-electron chi connectivity index (χ0n) is 17.8. The van der Waals surface area contributed by atoms with Crippen LogP contribution < -0.4 is 20.1 Å². The zero-order valence-corrected chi connectivity index (χ0v) is 17.8. The van der Waals surface area contributed by atoms with Gasteiger partial charge in [-0.25, -0.2) is 4.79 Å². The Bertz CT molecular complexity index is 951. The summed E-state index contributed by atoms with van der Waals surface area (Å²) in [5, 5.41) is 15.8. The van der Waals surface area contributed by atoms with E-state index in [0.29, 0.717) is 30.7 Å². The van der Waals surface area contributed by atoms with Crippen LogP contribution in [0.5, 0.6) is 11.5 Å². The van der Waals surface area contributed by atoms with E-state index in [9.17, 15) is 27.9 Å². The van der Waals surface area contributed by atoms with E-state index in [2.05, 4.69) is 15.4 Å². The maximum absolute atomic E-state index is 12.7. The van der Waals surface area contributed by atoms with Crippen LogP contribution in [0.4, 0.5) is 23.7 Å². The standard InChI is InChI=1S/C22H24F3N3O5/c1-32-16-8-4-14(5-9-16)20(30)27-18-13-28(12-2-3-19(18)29)21(31)26-15-6-10-17(11-7-15)33-22(23,24)25/h4-11,18-19,29H,2-3,12-13H2,1H3,(H,26,31)(H,27,30). The van der Waals surface area contributed by atoms with E-state index in [1.165, 1.54) is 24.1 Å². The topological polar surface area (TPSA) is 100 Å². The number of hydrogen-bond donors (Lipinski definition) is 3. The number of nitrogens with one attached hydrogen (secondary N) is 2. The lowest BCUT2D eigenvalue weighted by Crippen LogP contribution is -2.50. The summed E-state index contributed by atoms with van der Waals surface area (Å²) >= 11 is 0. The smallest absolute Gasteiger partial charge is 0.497 e. The Labute approximate surface area is 188 Å². The van der Waals surface area contributed by atoms with E-state index < -0.39 is 36.2 Å². The molecule has 1 heterocycles. The maximum Gasteiger partial charge on any atom is 0.573 e. The average molecular weight is 467 g/mol. The van der Waals surface area contributed by atoms with Gasteiger partial charge in [0.2, 0.25) is 0 Å². The summed E-state index contributed by atoms with van der Waals surface area (Å²) in [5.74, 6) is -0.203. The fourth-order valence-electron chi connectivity index (χ4n) is 3.41. The lowest BCUT2D eigenvalue weighted by atomic mass is 10.1. The molecule has 0 radical (unpaired) electrons. The molecular weight excluding hydrogens is 443 g/mol. The maximum atomic E-state index is 12.7. The predicted octanol–water partition coefficient (Wildman–Crippen LogP) is 3.38. The first-order valence-corrected chi connectivity index (χ1v) is 10.2. The SMILES string of the molecule is COc1ccc(C(=O)NC2CN(C(=O)Nc3ccc(OC(F)(F)F)cc3)CCCC2O)cc1. The van der Waals surface area contributed by atoms with Crippen LogP contribution in [-0.4, -0.2) is 60.7 Å². The second-order valence-corrected chi connectivity index (χ2v) is 7.47. The third-order valence-corrected chi connectivity index (χ3v) is 5.10. The van der Waals surface area contributed by atoms with Crippen molar-refractivity contribution in [1.82, 2.24) is 10.2 Å². The summed E-state index contributed by atoms with van der Waals surface area (Å²) in [6.07, 6.45) is -4.74. The number of halogens is 3. The van der Waals surface area contributed by atoms with Gasteiger partial charge in [-0.15, -0.1) is 13.2 Å². The summed E-state index contributed by atoms with van der Waals surface area (Å²) in [5.41, 5.74) is 0.655. The minimum absolute atomic E-state index is 0.0597. The molecule has 8 nitrogen and oxygen atoms in total. The van der Waals surface area contributed by atoms with Crippen LogP contribution in [0.3, 0.4) is 0 Å². The third-order valence-electron chi connectivity index (χ3n) is 5.10. The van der Waals surface area contributed by atoms with Gasteiger partial charge in [-0.05, 0) is 61.4 Å². The van der Waals surface area contributed by atoms with Crippen molar-refractivity contribution in [3.63, 3.8) is 0 Å². The van der Waals surface area contributed by atoms with Crippen molar-refractivity contribution >= 4 is 17.6 Å². The Morgan fingerprint density at radius 1 is 1.06 bits per heavy atom. The highest BCUT2D eigenvalue weighted by Gasteiger charge is 2.31. The van der Waals surface area contributed by atoms with Gasteiger partial charge in [0.25, 0.3) is 5.91 Å². The number of carbonyl (C=O) groups excluding carboxylic acids is 2. The molecule has 1 saturated heterocycles. The molecule has 2 unspecified atom stereocenters. The van der Waals surface area contributed by atoms with E-state index in [1.807, 2.05) is 0 Å². The molecule has 33 heavy (non-hydrogen) atoms. The van der Waals surface area contributed by atoms with Gasteiger partial charge in [0.05, 0.1) is 19.3 Å². The summed E-state index contributed by atoms with van der Waals surface area (Å²) in [7, 11) is 1.52. The van der Waals surface area contributed by atoms with Gasteiger partial charge in [0.1, 0.15) is 11.5 Å². The lowest BCUT2D eigenvalue weighted by Gasteiger charge is -2.27. The molecular formula is C22H24F3N3O5. The lowest BCUT2D eigenvalue weighted by molar-refractivity contribution is -0.274. The Kier molecular flexibility index (Phi) is 7.64. The number of methoxy groups -OCH3 is 1. The minimum atomic E-state index is -4.80. The van der Waals surface area contributed by atoms with E-state index in [1.54, 1.807) is 24.3 Å². The normalized spacial score (nSPS) is 18.8. The number of aliphatic hydroxyl groups excluding tert-OH is 1. The highest BCUT2D eigenvalue weighted by atomic mass is 19.4. The first-order valence-electron chi connectivity index (χ1n) is 10.2. The molecule has 1 fully saturated rings. The van der Waals surface area contributed by atoms with Gasteiger partial charge in [0.15, 0.2) is 0 Å². The van der Waals surface area contributed by atoms with Crippen molar-refractivity contribution in [3.8, 4) is 11.5 Å². The average Bonchev–Trinajstić information content (AvgIpc) is 2.95.